The second-order valence-corrected chi connectivity index (χ2v) is 5.19. The van der Waals surface area contributed by atoms with E-state index in [1.807, 2.05) is 38.1 Å². The second-order valence-electron chi connectivity index (χ2n) is 4.44. The van der Waals surface area contributed by atoms with Crippen LogP contribution in [0.5, 0.6) is 0 Å². The lowest BCUT2D eigenvalue weighted by Gasteiger charge is -2.15. The Hall–Kier alpha value is -1.02. The van der Waals surface area contributed by atoms with E-state index in [0.717, 1.165) is 12.8 Å². The number of carbonyl (C=O) groups excluding carboxylic acids is 1. The van der Waals surface area contributed by atoms with Crippen LogP contribution >= 0.6 is 11.6 Å². The van der Waals surface area contributed by atoms with Crippen molar-refractivity contribution in [3.8, 4) is 0 Å². The summed E-state index contributed by atoms with van der Waals surface area (Å²) < 4.78 is 0. The van der Waals surface area contributed by atoms with Crippen LogP contribution in [0, 0.1) is 0 Å². The summed E-state index contributed by atoms with van der Waals surface area (Å²) in [7, 11) is 0. The molecule has 0 spiro atoms. The second kappa shape index (κ2) is 6.65. The molecule has 0 saturated heterocycles. The van der Waals surface area contributed by atoms with Gasteiger partial charge >= 0.3 is 0 Å². The molecule has 0 bridgehead atoms. The Morgan fingerprint density at radius 2 is 1.88 bits per heavy atom. The minimum Gasteiger partial charge on any atom is -0.350 e. The van der Waals surface area contributed by atoms with Crippen molar-refractivity contribution in [3.63, 3.8) is 0 Å². The van der Waals surface area contributed by atoms with Crippen molar-refractivity contribution >= 4 is 17.5 Å². The molecule has 17 heavy (non-hydrogen) atoms. The highest BCUT2D eigenvalue weighted by Gasteiger charge is 2.11. The first-order chi connectivity index (χ1) is 8.02. The topological polar surface area (TPSA) is 29.1 Å². The maximum absolute atomic E-state index is 11.9. The summed E-state index contributed by atoms with van der Waals surface area (Å²) in [6.45, 7) is 6.00. The van der Waals surface area contributed by atoms with Gasteiger partial charge in [0.2, 0.25) is 0 Å². The fourth-order valence-electron chi connectivity index (χ4n) is 1.75. The quantitative estimate of drug-likeness (QED) is 0.801. The van der Waals surface area contributed by atoms with Gasteiger partial charge in [0, 0.05) is 17.0 Å². The number of alkyl halides is 1. The van der Waals surface area contributed by atoms with Crippen molar-refractivity contribution in [1.82, 2.24) is 5.32 Å². The Labute approximate surface area is 108 Å². The Kier molecular flexibility index (Phi) is 5.49. The molecular weight excluding hydrogens is 234 g/mol. The molecule has 0 aliphatic rings. The zero-order valence-corrected chi connectivity index (χ0v) is 11.4. The summed E-state index contributed by atoms with van der Waals surface area (Å²) in [5.41, 5.74) is 1.94. The normalized spacial score (nSPS) is 14.1. The van der Waals surface area contributed by atoms with Crippen molar-refractivity contribution in [2.45, 2.75) is 45.0 Å². The minimum atomic E-state index is -0.0301. The summed E-state index contributed by atoms with van der Waals surface area (Å²) in [4.78, 5) is 11.9. The number of rotatable bonds is 5. The van der Waals surface area contributed by atoms with Gasteiger partial charge in [0.05, 0.1) is 0 Å². The summed E-state index contributed by atoms with van der Waals surface area (Å²) in [5.74, 6) is -0.0301. The van der Waals surface area contributed by atoms with Crippen molar-refractivity contribution in [1.29, 1.82) is 0 Å². The molecule has 1 amide bonds. The largest absolute Gasteiger partial charge is 0.350 e. The molecule has 94 valence electrons. The van der Waals surface area contributed by atoms with Crippen molar-refractivity contribution in [2.24, 2.45) is 0 Å². The van der Waals surface area contributed by atoms with Crippen molar-refractivity contribution in [2.75, 3.05) is 0 Å². The fraction of sp³-hybridized carbons (Fsp3) is 0.500. The third kappa shape index (κ3) is 4.78. The molecule has 3 heteroatoms. The Balaban J connectivity index is 2.57. The van der Waals surface area contributed by atoms with E-state index in [1.54, 1.807) is 0 Å². The van der Waals surface area contributed by atoms with Crippen LogP contribution in [0.15, 0.2) is 24.3 Å². The molecule has 0 aromatic heterocycles. The molecule has 0 radical (unpaired) electrons. The number of amides is 1. The highest BCUT2D eigenvalue weighted by Crippen LogP contribution is 2.07. The predicted molar refractivity (Wildman–Crippen MR) is 72.7 cm³/mol. The zero-order chi connectivity index (χ0) is 12.8. The lowest BCUT2D eigenvalue weighted by molar-refractivity contribution is 0.0938. The first-order valence-electron chi connectivity index (χ1n) is 6.06. The van der Waals surface area contributed by atoms with Crippen molar-refractivity contribution in [3.05, 3.63) is 35.4 Å². The number of benzene rings is 1. The van der Waals surface area contributed by atoms with Crippen LogP contribution in [0.4, 0.5) is 0 Å². The van der Waals surface area contributed by atoms with Crippen LogP contribution in [0.25, 0.3) is 0 Å². The molecule has 0 aliphatic heterocycles. The smallest absolute Gasteiger partial charge is 0.251 e. The van der Waals surface area contributed by atoms with Gasteiger partial charge in [-0.05, 0) is 44.4 Å². The maximum Gasteiger partial charge on any atom is 0.251 e. The molecule has 1 aromatic carbocycles. The first-order valence-corrected chi connectivity index (χ1v) is 6.50. The number of hydrogen-bond donors (Lipinski definition) is 1. The van der Waals surface area contributed by atoms with E-state index in [4.69, 9.17) is 11.6 Å². The fourth-order valence-corrected chi connectivity index (χ4v) is 2.01. The summed E-state index contributed by atoms with van der Waals surface area (Å²) in [6, 6.07) is 7.81. The Morgan fingerprint density at radius 1 is 1.29 bits per heavy atom. The number of halogens is 1. The average Bonchev–Trinajstić information content (AvgIpc) is 2.28. The van der Waals surface area contributed by atoms with Gasteiger partial charge < -0.3 is 5.32 Å². The van der Waals surface area contributed by atoms with Gasteiger partial charge in [-0.2, -0.15) is 0 Å². The lowest BCUT2D eigenvalue weighted by Crippen LogP contribution is -2.33. The molecule has 0 fully saturated rings. The van der Waals surface area contributed by atoms with Gasteiger partial charge in [-0.3, -0.25) is 4.79 Å². The van der Waals surface area contributed by atoms with E-state index in [2.05, 4.69) is 12.2 Å². The molecule has 1 aromatic rings. The molecule has 2 atom stereocenters. The third-order valence-electron chi connectivity index (χ3n) is 2.68. The first kappa shape index (κ1) is 14.0. The predicted octanol–water partition coefficient (Wildman–Crippen LogP) is 3.38. The van der Waals surface area contributed by atoms with Crippen LogP contribution in [0.1, 0.15) is 43.1 Å². The number of nitrogens with one attached hydrogen (secondary N) is 1. The van der Waals surface area contributed by atoms with Crippen LogP contribution in [-0.4, -0.2) is 17.3 Å². The van der Waals surface area contributed by atoms with Gasteiger partial charge in [-0.15, -0.1) is 11.6 Å². The Bertz CT molecular complexity index is 359. The van der Waals surface area contributed by atoms with E-state index in [-0.39, 0.29) is 17.3 Å². The van der Waals surface area contributed by atoms with Gasteiger partial charge in [0.15, 0.2) is 0 Å². The number of hydrogen-bond acceptors (Lipinski definition) is 1. The summed E-state index contributed by atoms with van der Waals surface area (Å²) in [5, 5.41) is 3.02. The van der Waals surface area contributed by atoms with Gasteiger partial charge in [-0.25, -0.2) is 0 Å². The summed E-state index contributed by atoms with van der Waals surface area (Å²) in [6.07, 6.45) is 1.77. The Morgan fingerprint density at radius 3 is 2.35 bits per heavy atom. The van der Waals surface area contributed by atoms with Crippen LogP contribution in [-0.2, 0) is 6.42 Å². The summed E-state index contributed by atoms with van der Waals surface area (Å²) >= 11 is 5.89. The van der Waals surface area contributed by atoms with Crippen molar-refractivity contribution < 1.29 is 4.79 Å². The third-order valence-corrected chi connectivity index (χ3v) is 2.86. The molecule has 1 N–H and O–H groups in total. The minimum absolute atomic E-state index is 0.0301. The maximum atomic E-state index is 11.9. The molecule has 0 aliphatic carbocycles. The molecule has 1 rings (SSSR count). The molecule has 0 heterocycles. The zero-order valence-electron chi connectivity index (χ0n) is 10.7. The van der Waals surface area contributed by atoms with E-state index in [1.165, 1.54) is 5.56 Å². The number of aryl methyl sites for hydroxylation is 1. The highest BCUT2D eigenvalue weighted by molar-refractivity contribution is 6.20. The van der Waals surface area contributed by atoms with Gasteiger partial charge in [-0.1, -0.05) is 19.1 Å². The lowest BCUT2D eigenvalue weighted by atomic mass is 10.1. The van der Waals surface area contributed by atoms with Gasteiger partial charge in [0.25, 0.3) is 5.91 Å². The molecular formula is C14H20ClNO. The molecule has 2 nitrogen and oxygen atoms in total. The van der Waals surface area contributed by atoms with E-state index >= 15 is 0 Å². The standard InChI is InChI=1S/C14H20ClNO/c1-4-12-5-7-13(8-6-12)14(17)16-11(3)9-10(2)15/h5-8,10-11H,4,9H2,1-3H3,(H,16,17). The van der Waals surface area contributed by atoms with E-state index in [0.29, 0.717) is 5.56 Å². The van der Waals surface area contributed by atoms with E-state index in [9.17, 15) is 4.79 Å². The number of carbonyl (C=O) groups is 1. The van der Waals surface area contributed by atoms with E-state index < -0.39 is 0 Å². The average molecular weight is 254 g/mol. The van der Waals surface area contributed by atoms with Crippen LogP contribution in [0.2, 0.25) is 0 Å². The SMILES string of the molecule is CCc1ccc(C(=O)NC(C)CC(C)Cl)cc1. The van der Waals surface area contributed by atoms with Crippen LogP contribution < -0.4 is 5.32 Å². The van der Waals surface area contributed by atoms with Gasteiger partial charge in [0.1, 0.15) is 0 Å². The monoisotopic (exact) mass is 253 g/mol. The molecule has 0 saturated carbocycles. The molecule has 2 unspecified atom stereocenters. The van der Waals surface area contributed by atoms with Crippen LogP contribution in [0.3, 0.4) is 0 Å². The highest BCUT2D eigenvalue weighted by atomic mass is 35.5.